The van der Waals surface area contributed by atoms with Crippen LogP contribution in [-0.4, -0.2) is 23.6 Å². The lowest BCUT2D eigenvalue weighted by atomic mass is 10.1. The normalized spacial score (nSPS) is 11.5. The van der Waals surface area contributed by atoms with Crippen LogP contribution in [0, 0.1) is 5.82 Å². The number of hydrogen-bond donors (Lipinski definition) is 0. The minimum Gasteiger partial charge on any atom is -0.465 e. The Kier molecular flexibility index (Phi) is 5.09. The van der Waals surface area contributed by atoms with Gasteiger partial charge >= 0.3 is 5.97 Å². The van der Waals surface area contributed by atoms with Crippen LogP contribution in [0.25, 0.3) is 10.2 Å². The van der Waals surface area contributed by atoms with E-state index >= 15 is 0 Å². The average Bonchev–Trinajstić information content (AvgIpc) is 3.00. The van der Waals surface area contributed by atoms with Gasteiger partial charge in [0.05, 0.1) is 22.9 Å². The van der Waals surface area contributed by atoms with Crippen molar-refractivity contribution >= 4 is 33.4 Å². The van der Waals surface area contributed by atoms with Gasteiger partial charge in [-0.1, -0.05) is 23.5 Å². The van der Waals surface area contributed by atoms with Crippen molar-refractivity contribution < 1.29 is 18.7 Å². The Labute approximate surface area is 152 Å². The third kappa shape index (κ3) is 3.34. The highest BCUT2D eigenvalue weighted by Gasteiger charge is 2.12. The average molecular weight is 370 g/mol. The molecular formula is C19H15FN2O3S. The van der Waals surface area contributed by atoms with E-state index in [0.717, 1.165) is 0 Å². The molecule has 1 amide bonds. The fraction of sp³-hybridized carbons (Fsp3) is 0.105. The Bertz CT molecular complexity index is 1060. The maximum atomic E-state index is 14.2. The van der Waals surface area contributed by atoms with Crippen molar-refractivity contribution in [2.24, 2.45) is 4.99 Å². The zero-order chi connectivity index (χ0) is 18.7. The Morgan fingerprint density at radius 2 is 1.92 bits per heavy atom. The van der Waals surface area contributed by atoms with Gasteiger partial charge in [-0.3, -0.25) is 4.79 Å². The Morgan fingerprint density at radius 1 is 1.23 bits per heavy atom. The third-order valence-corrected chi connectivity index (χ3v) is 4.76. The van der Waals surface area contributed by atoms with Gasteiger partial charge in [-0.15, -0.1) is 6.58 Å². The number of carbonyl (C=O) groups is 2. The smallest absolute Gasteiger partial charge is 0.337 e. The number of ether oxygens (including phenoxy) is 1. The molecular weight excluding hydrogens is 355 g/mol. The Morgan fingerprint density at radius 3 is 2.58 bits per heavy atom. The molecule has 3 aromatic rings. The van der Waals surface area contributed by atoms with E-state index in [0.29, 0.717) is 32.7 Å². The van der Waals surface area contributed by atoms with Crippen LogP contribution in [0.1, 0.15) is 20.7 Å². The number of nitrogens with zero attached hydrogens (tertiary/aromatic N) is 2. The van der Waals surface area contributed by atoms with Crippen molar-refractivity contribution in [1.29, 1.82) is 0 Å². The quantitative estimate of drug-likeness (QED) is 0.521. The molecule has 2 aromatic carbocycles. The molecule has 0 aliphatic carbocycles. The van der Waals surface area contributed by atoms with E-state index in [1.54, 1.807) is 22.8 Å². The number of esters is 1. The summed E-state index contributed by atoms with van der Waals surface area (Å²) >= 11 is 1.23. The molecule has 0 saturated heterocycles. The van der Waals surface area contributed by atoms with E-state index in [2.05, 4.69) is 16.3 Å². The predicted octanol–water partition coefficient (Wildman–Crippen LogP) is 3.56. The molecule has 0 aliphatic heterocycles. The van der Waals surface area contributed by atoms with Gasteiger partial charge in [-0.2, -0.15) is 4.99 Å². The first-order valence-corrected chi connectivity index (χ1v) is 8.53. The van der Waals surface area contributed by atoms with Crippen LogP contribution in [0.5, 0.6) is 0 Å². The number of para-hydroxylation sites is 1. The van der Waals surface area contributed by atoms with Crippen LogP contribution >= 0.6 is 11.3 Å². The largest absolute Gasteiger partial charge is 0.465 e. The second-order valence-electron chi connectivity index (χ2n) is 5.36. The monoisotopic (exact) mass is 370 g/mol. The summed E-state index contributed by atoms with van der Waals surface area (Å²) < 4.78 is 21.1. The first kappa shape index (κ1) is 17.8. The Hall–Kier alpha value is -3.06. The van der Waals surface area contributed by atoms with Gasteiger partial charge in [0.2, 0.25) is 0 Å². The zero-order valence-corrected chi connectivity index (χ0v) is 14.8. The number of amides is 1. The SMILES string of the molecule is C=CCn1c(=NC(=O)c2ccc(C(=O)OC)cc2)sc2cccc(F)c21. The summed E-state index contributed by atoms with van der Waals surface area (Å²) in [5.74, 6) is -1.34. The molecule has 0 unspecified atom stereocenters. The van der Waals surface area contributed by atoms with Gasteiger partial charge < -0.3 is 9.30 Å². The summed E-state index contributed by atoms with van der Waals surface area (Å²) in [4.78, 5) is 28.4. The summed E-state index contributed by atoms with van der Waals surface area (Å²) in [5.41, 5.74) is 1.06. The van der Waals surface area contributed by atoms with Gasteiger partial charge in [0.15, 0.2) is 4.80 Å². The fourth-order valence-corrected chi connectivity index (χ4v) is 3.54. The second-order valence-corrected chi connectivity index (χ2v) is 6.37. The highest BCUT2D eigenvalue weighted by molar-refractivity contribution is 7.16. The molecule has 0 radical (unpaired) electrons. The molecule has 132 valence electrons. The molecule has 0 saturated carbocycles. The molecule has 26 heavy (non-hydrogen) atoms. The van der Waals surface area contributed by atoms with Gasteiger partial charge in [-0.25, -0.2) is 9.18 Å². The number of methoxy groups -OCH3 is 1. The van der Waals surface area contributed by atoms with E-state index in [4.69, 9.17) is 0 Å². The van der Waals surface area contributed by atoms with Gasteiger partial charge in [-0.05, 0) is 36.4 Å². The van der Waals surface area contributed by atoms with Crippen LogP contribution in [0.4, 0.5) is 4.39 Å². The Balaban J connectivity index is 2.05. The molecule has 0 bridgehead atoms. The number of rotatable bonds is 4. The molecule has 7 heteroatoms. The summed E-state index contributed by atoms with van der Waals surface area (Å²) in [7, 11) is 1.29. The number of hydrogen-bond acceptors (Lipinski definition) is 4. The molecule has 0 N–H and O–H groups in total. The lowest BCUT2D eigenvalue weighted by Gasteiger charge is -2.02. The molecule has 3 rings (SSSR count). The maximum absolute atomic E-state index is 14.2. The first-order valence-electron chi connectivity index (χ1n) is 7.71. The number of allylic oxidation sites excluding steroid dienone is 1. The van der Waals surface area contributed by atoms with Gasteiger partial charge in [0.25, 0.3) is 5.91 Å². The zero-order valence-electron chi connectivity index (χ0n) is 13.9. The molecule has 0 atom stereocenters. The van der Waals surface area contributed by atoms with E-state index in [1.165, 1.54) is 48.8 Å². The number of halogens is 1. The fourth-order valence-electron chi connectivity index (χ4n) is 2.49. The molecule has 0 fully saturated rings. The lowest BCUT2D eigenvalue weighted by molar-refractivity contribution is 0.0600. The van der Waals surface area contributed by atoms with Crippen LogP contribution in [-0.2, 0) is 11.3 Å². The highest BCUT2D eigenvalue weighted by Crippen LogP contribution is 2.20. The molecule has 0 spiro atoms. The molecule has 1 heterocycles. The molecule has 0 aliphatic rings. The predicted molar refractivity (Wildman–Crippen MR) is 97.6 cm³/mol. The van der Waals surface area contributed by atoms with Crippen molar-refractivity contribution in [3.63, 3.8) is 0 Å². The van der Waals surface area contributed by atoms with Crippen LogP contribution < -0.4 is 4.80 Å². The third-order valence-electron chi connectivity index (χ3n) is 3.71. The van der Waals surface area contributed by atoms with Gasteiger partial charge in [0, 0.05) is 12.1 Å². The van der Waals surface area contributed by atoms with Gasteiger partial charge in [0.1, 0.15) is 5.82 Å². The number of aromatic nitrogens is 1. The van der Waals surface area contributed by atoms with Crippen molar-refractivity contribution in [2.45, 2.75) is 6.54 Å². The van der Waals surface area contributed by atoms with Crippen molar-refractivity contribution in [2.75, 3.05) is 7.11 Å². The summed E-state index contributed by atoms with van der Waals surface area (Å²) in [6.07, 6.45) is 1.62. The van der Waals surface area contributed by atoms with E-state index in [9.17, 15) is 14.0 Å². The van der Waals surface area contributed by atoms with E-state index in [1.807, 2.05) is 0 Å². The number of fused-ring (bicyclic) bond motifs is 1. The van der Waals surface area contributed by atoms with Crippen molar-refractivity contribution in [3.05, 3.63) is 76.9 Å². The summed E-state index contributed by atoms with van der Waals surface area (Å²) in [6, 6.07) is 10.8. The number of carbonyl (C=O) groups excluding carboxylic acids is 2. The summed E-state index contributed by atoms with van der Waals surface area (Å²) in [6.45, 7) is 4.00. The maximum Gasteiger partial charge on any atom is 0.337 e. The standard InChI is InChI=1S/C19H15FN2O3S/c1-3-11-22-16-14(20)5-4-6-15(16)26-19(22)21-17(23)12-7-9-13(10-8-12)18(24)25-2/h3-10H,1,11H2,2H3. The molecule has 1 aromatic heterocycles. The topological polar surface area (TPSA) is 60.7 Å². The minimum atomic E-state index is -0.482. The van der Waals surface area contributed by atoms with E-state index in [-0.39, 0.29) is 5.82 Å². The van der Waals surface area contributed by atoms with Crippen LogP contribution in [0.2, 0.25) is 0 Å². The molecule has 5 nitrogen and oxygen atoms in total. The van der Waals surface area contributed by atoms with Crippen molar-refractivity contribution in [3.8, 4) is 0 Å². The van der Waals surface area contributed by atoms with Crippen LogP contribution in [0.3, 0.4) is 0 Å². The van der Waals surface area contributed by atoms with Crippen molar-refractivity contribution in [1.82, 2.24) is 4.57 Å². The van der Waals surface area contributed by atoms with Crippen LogP contribution in [0.15, 0.2) is 60.1 Å². The second kappa shape index (κ2) is 7.45. The lowest BCUT2D eigenvalue weighted by Crippen LogP contribution is -2.16. The number of benzene rings is 2. The summed E-state index contributed by atoms with van der Waals surface area (Å²) in [5, 5.41) is 0. The highest BCUT2D eigenvalue weighted by atomic mass is 32.1. The number of thiazole rings is 1. The minimum absolute atomic E-state index is 0.320. The van der Waals surface area contributed by atoms with E-state index < -0.39 is 11.9 Å². The first-order chi connectivity index (χ1) is 12.5.